The molecule has 0 saturated heterocycles. The van der Waals surface area contributed by atoms with E-state index in [1.165, 1.54) is 12.1 Å². The van der Waals surface area contributed by atoms with Gasteiger partial charge in [0.05, 0.1) is 11.6 Å². The summed E-state index contributed by atoms with van der Waals surface area (Å²) in [4.78, 5) is 0. The van der Waals surface area contributed by atoms with Crippen molar-refractivity contribution in [1.82, 2.24) is 0 Å². The lowest BCUT2D eigenvalue weighted by Gasteiger charge is -2.24. The minimum absolute atomic E-state index is 0.150. The summed E-state index contributed by atoms with van der Waals surface area (Å²) in [5, 5.41) is 16.8. The lowest BCUT2D eigenvalue weighted by atomic mass is 9.92. The van der Waals surface area contributed by atoms with Crippen LogP contribution in [0.1, 0.15) is 0 Å². The first-order valence-electron chi connectivity index (χ1n) is 3.49. The third-order valence-corrected chi connectivity index (χ3v) is 1.73. The molecule has 0 aromatic heterocycles. The van der Waals surface area contributed by atoms with Crippen LogP contribution >= 0.6 is 0 Å². The summed E-state index contributed by atoms with van der Waals surface area (Å²) < 4.78 is 39.0. The average Bonchev–Trinajstić information content (AvgIpc) is 2.10. The summed E-state index contributed by atoms with van der Waals surface area (Å²) in [6.45, 7) is 0. The van der Waals surface area contributed by atoms with E-state index in [0.717, 1.165) is 0 Å². The molecule has 3 nitrogen and oxygen atoms in total. The minimum Gasteiger partial charge on any atom is -0.293 e. The molecule has 0 aliphatic heterocycles. The molecule has 14 heavy (non-hydrogen) atoms. The van der Waals surface area contributed by atoms with Crippen molar-refractivity contribution in [1.29, 1.82) is 10.5 Å². The largest absolute Gasteiger partial charge is 0.293 e. The first kappa shape index (κ1) is 10.3. The highest BCUT2D eigenvalue weighted by molar-refractivity contribution is 5.54. The fourth-order valence-electron chi connectivity index (χ4n) is 1.04. The Labute approximate surface area is 77.5 Å². The zero-order chi connectivity index (χ0) is 10.9. The Morgan fingerprint density at radius 2 is 2.00 bits per heavy atom. The molecule has 0 fully saturated rings. The van der Waals surface area contributed by atoms with Gasteiger partial charge in [0.1, 0.15) is 17.5 Å². The van der Waals surface area contributed by atoms with Crippen LogP contribution in [0, 0.1) is 22.7 Å². The van der Waals surface area contributed by atoms with Gasteiger partial charge < -0.3 is 0 Å². The van der Waals surface area contributed by atoms with E-state index in [-0.39, 0.29) is 6.08 Å². The summed E-state index contributed by atoms with van der Waals surface area (Å²) in [6.07, 6.45) is -2.36. The minimum atomic E-state index is -3.07. The number of hydrogen-bond donors (Lipinski definition) is 1. The molecule has 0 aromatic carbocycles. The van der Waals surface area contributed by atoms with Gasteiger partial charge in [0.15, 0.2) is 6.17 Å². The molecule has 72 valence electrons. The first-order valence-corrected chi connectivity index (χ1v) is 3.49. The van der Waals surface area contributed by atoms with E-state index in [4.69, 9.17) is 16.3 Å². The summed E-state index contributed by atoms with van der Waals surface area (Å²) >= 11 is 0. The van der Waals surface area contributed by atoms with E-state index < -0.39 is 28.9 Å². The number of rotatable bonds is 0. The molecule has 2 N–H and O–H groups in total. The molecule has 2 atom stereocenters. The van der Waals surface area contributed by atoms with Crippen LogP contribution in [-0.4, -0.2) is 12.0 Å². The third-order valence-electron chi connectivity index (χ3n) is 1.73. The van der Waals surface area contributed by atoms with Crippen molar-refractivity contribution in [2.45, 2.75) is 12.0 Å². The van der Waals surface area contributed by atoms with E-state index in [0.29, 0.717) is 0 Å². The quantitative estimate of drug-likeness (QED) is 0.595. The molecule has 0 spiro atoms. The van der Waals surface area contributed by atoms with Gasteiger partial charge in [0, 0.05) is 6.08 Å². The second-order valence-corrected chi connectivity index (χ2v) is 2.69. The maximum Gasteiger partial charge on any atom is 0.217 e. The van der Waals surface area contributed by atoms with E-state index >= 15 is 0 Å². The molecule has 0 saturated carbocycles. The molecule has 6 heteroatoms. The van der Waals surface area contributed by atoms with Gasteiger partial charge in [-0.05, 0) is 0 Å². The Kier molecular flexibility index (Phi) is 2.33. The molecule has 0 aromatic rings. The summed E-state index contributed by atoms with van der Waals surface area (Å²) in [5.74, 6) is -4.39. The molecule has 0 radical (unpaired) electrons. The van der Waals surface area contributed by atoms with Crippen LogP contribution in [-0.2, 0) is 0 Å². The summed E-state index contributed by atoms with van der Waals surface area (Å²) in [7, 11) is 0. The van der Waals surface area contributed by atoms with Crippen LogP contribution in [0.4, 0.5) is 13.2 Å². The predicted octanol–water partition coefficient (Wildman–Crippen LogP) is 1.16. The molecular formula is C8H4F3N3. The number of halogens is 3. The third kappa shape index (κ3) is 1.36. The number of nitriles is 2. The van der Waals surface area contributed by atoms with Crippen molar-refractivity contribution in [3.8, 4) is 12.1 Å². The lowest BCUT2D eigenvalue weighted by molar-refractivity contribution is 0.122. The van der Waals surface area contributed by atoms with Crippen LogP contribution in [0.25, 0.3) is 0 Å². The molecule has 1 aliphatic carbocycles. The number of alkyl halides is 2. The SMILES string of the molecule is N#CC1=C(C#N)C(F)C(N)(F)C=C1F. The van der Waals surface area contributed by atoms with E-state index in [1.54, 1.807) is 0 Å². The van der Waals surface area contributed by atoms with Crippen LogP contribution in [0.3, 0.4) is 0 Å². The predicted molar refractivity (Wildman–Crippen MR) is 40.4 cm³/mol. The van der Waals surface area contributed by atoms with E-state index in [1.807, 2.05) is 0 Å². The van der Waals surface area contributed by atoms with Crippen LogP contribution in [0.2, 0.25) is 0 Å². The standard InChI is InChI=1S/C8H4F3N3/c9-6-1-8(11,14)7(10)5(3-13)4(6)2-12/h1,7H,14H2. The highest BCUT2D eigenvalue weighted by atomic mass is 19.2. The van der Waals surface area contributed by atoms with Crippen LogP contribution in [0.5, 0.6) is 0 Å². The van der Waals surface area contributed by atoms with Crippen molar-refractivity contribution >= 4 is 0 Å². The van der Waals surface area contributed by atoms with Gasteiger partial charge in [-0.25, -0.2) is 13.2 Å². The smallest absolute Gasteiger partial charge is 0.217 e. The molecule has 2 unspecified atom stereocenters. The fourth-order valence-corrected chi connectivity index (χ4v) is 1.04. The number of hydrogen-bond acceptors (Lipinski definition) is 3. The van der Waals surface area contributed by atoms with Gasteiger partial charge in [0.2, 0.25) is 5.79 Å². The Hall–Kier alpha value is -1.79. The van der Waals surface area contributed by atoms with Crippen molar-refractivity contribution in [2.75, 3.05) is 0 Å². The molecular weight excluding hydrogens is 195 g/mol. The number of nitrogens with two attached hydrogens (primary N) is 1. The molecule has 1 rings (SSSR count). The molecule has 0 heterocycles. The van der Waals surface area contributed by atoms with E-state index in [9.17, 15) is 13.2 Å². The highest BCUT2D eigenvalue weighted by Gasteiger charge is 2.43. The van der Waals surface area contributed by atoms with Gasteiger partial charge in [0.25, 0.3) is 0 Å². The highest BCUT2D eigenvalue weighted by Crippen LogP contribution is 2.33. The number of allylic oxidation sites excluding steroid dienone is 2. The van der Waals surface area contributed by atoms with Crippen LogP contribution in [0.15, 0.2) is 23.0 Å². The Morgan fingerprint density at radius 1 is 1.43 bits per heavy atom. The maximum atomic E-state index is 13.1. The summed E-state index contributed by atoms with van der Waals surface area (Å²) in [5.41, 5.74) is 3.02. The van der Waals surface area contributed by atoms with Crippen molar-refractivity contribution in [3.05, 3.63) is 23.0 Å². The Bertz CT molecular complexity index is 409. The van der Waals surface area contributed by atoms with Crippen molar-refractivity contribution < 1.29 is 13.2 Å². The zero-order valence-corrected chi connectivity index (χ0v) is 6.76. The topological polar surface area (TPSA) is 73.6 Å². The second-order valence-electron chi connectivity index (χ2n) is 2.69. The monoisotopic (exact) mass is 199 g/mol. The second kappa shape index (κ2) is 3.17. The Balaban J connectivity index is 3.38. The molecule has 0 amide bonds. The van der Waals surface area contributed by atoms with Gasteiger partial charge in [-0.15, -0.1) is 0 Å². The van der Waals surface area contributed by atoms with Gasteiger partial charge >= 0.3 is 0 Å². The van der Waals surface area contributed by atoms with Gasteiger partial charge in [-0.3, -0.25) is 5.73 Å². The Morgan fingerprint density at radius 3 is 2.43 bits per heavy atom. The van der Waals surface area contributed by atoms with Gasteiger partial charge in [-0.1, -0.05) is 0 Å². The van der Waals surface area contributed by atoms with Crippen molar-refractivity contribution in [3.63, 3.8) is 0 Å². The first-order chi connectivity index (χ1) is 6.44. The normalized spacial score (nSPS) is 31.9. The molecule has 0 bridgehead atoms. The summed E-state index contributed by atoms with van der Waals surface area (Å²) in [6, 6.07) is 2.50. The van der Waals surface area contributed by atoms with E-state index in [2.05, 4.69) is 0 Å². The number of nitrogens with zero attached hydrogens (tertiary/aromatic N) is 2. The van der Waals surface area contributed by atoms with Crippen LogP contribution < -0.4 is 5.73 Å². The molecule has 1 aliphatic rings. The fraction of sp³-hybridized carbons (Fsp3) is 0.250. The average molecular weight is 199 g/mol. The van der Waals surface area contributed by atoms with Crippen molar-refractivity contribution in [2.24, 2.45) is 5.73 Å². The van der Waals surface area contributed by atoms with Gasteiger partial charge in [-0.2, -0.15) is 10.5 Å². The maximum absolute atomic E-state index is 13.1. The zero-order valence-electron chi connectivity index (χ0n) is 6.76. The lowest BCUT2D eigenvalue weighted by Crippen LogP contribution is -2.45.